The minimum absolute atomic E-state index is 0.367. The lowest BCUT2D eigenvalue weighted by Gasteiger charge is -2.45. The summed E-state index contributed by atoms with van der Waals surface area (Å²) in [6, 6.07) is 28.0. The number of aliphatic imine (C=N–C) groups is 1. The molecule has 2 aliphatic heterocycles. The van der Waals surface area contributed by atoms with Gasteiger partial charge >= 0.3 is 0 Å². The van der Waals surface area contributed by atoms with Crippen LogP contribution in [0, 0.1) is 0 Å². The summed E-state index contributed by atoms with van der Waals surface area (Å²) in [5, 5.41) is 3.64. The van der Waals surface area contributed by atoms with Crippen LogP contribution in [-0.4, -0.2) is 30.6 Å². The van der Waals surface area contributed by atoms with Crippen molar-refractivity contribution in [1.82, 2.24) is 0 Å². The van der Waals surface area contributed by atoms with Gasteiger partial charge in [0.1, 0.15) is 11.4 Å². The first-order chi connectivity index (χ1) is 18.8. The lowest BCUT2D eigenvalue weighted by atomic mass is 9.77. The SMILES string of the molecule is CN1c2ccccc2C(C)(C)C12C=Nc1c(cc(-c3ccc4c5c(cccc35)C(=O)C4=O)c3ccccc13)O2. The molecular formula is C34H24N2O3. The Bertz CT molecular complexity index is 1970. The minimum atomic E-state index is -0.801. The maximum absolute atomic E-state index is 12.7. The fourth-order valence-electron chi connectivity index (χ4n) is 6.91. The average molecular weight is 509 g/mol. The molecule has 0 saturated carbocycles. The number of para-hydroxylation sites is 1. The Kier molecular flexibility index (Phi) is 4.11. The molecule has 0 amide bonds. The number of fused-ring (bicyclic) bond motifs is 4. The number of Topliss-reactive ketones (excluding diaryl/α,β-unsaturated/α-hetero) is 2. The van der Waals surface area contributed by atoms with Crippen LogP contribution >= 0.6 is 0 Å². The third-order valence-corrected chi connectivity index (χ3v) is 8.97. The molecule has 2 heterocycles. The summed E-state index contributed by atoms with van der Waals surface area (Å²) in [5.74, 6) is -0.170. The number of ether oxygens (including phenoxy) is 1. The fraction of sp³-hybridized carbons (Fsp3) is 0.147. The highest BCUT2D eigenvalue weighted by Crippen LogP contribution is 2.55. The second kappa shape index (κ2) is 7.20. The van der Waals surface area contributed by atoms with Crippen molar-refractivity contribution in [2.45, 2.75) is 25.0 Å². The van der Waals surface area contributed by atoms with E-state index in [4.69, 9.17) is 9.73 Å². The third kappa shape index (κ3) is 2.57. The van der Waals surface area contributed by atoms with Crippen LogP contribution in [0.15, 0.2) is 89.9 Å². The number of carbonyl (C=O) groups excluding carboxylic acids is 2. The van der Waals surface area contributed by atoms with E-state index >= 15 is 0 Å². The van der Waals surface area contributed by atoms with Gasteiger partial charge in [-0.3, -0.25) is 14.6 Å². The summed E-state index contributed by atoms with van der Waals surface area (Å²) in [4.78, 5) is 32.6. The Labute approximate surface area is 225 Å². The van der Waals surface area contributed by atoms with Crippen LogP contribution in [0.5, 0.6) is 5.75 Å². The second-order valence-corrected chi connectivity index (χ2v) is 11.1. The number of ketones is 2. The predicted molar refractivity (Wildman–Crippen MR) is 155 cm³/mol. The topological polar surface area (TPSA) is 59.0 Å². The van der Waals surface area contributed by atoms with Gasteiger partial charge in [0.2, 0.25) is 17.3 Å². The van der Waals surface area contributed by atoms with Gasteiger partial charge < -0.3 is 9.64 Å². The van der Waals surface area contributed by atoms with Crippen LogP contribution < -0.4 is 9.64 Å². The Morgan fingerprint density at radius 1 is 0.718 bits per heavy atom. The molecule has 1 atom stereocenters. The van der Waals surface area contributed by atoms with Crippen molar-refractivity contribution in [2.24, 2.45) is 4.99 Å². The third-order valence-electron chi connectivity index (χ3n) is 8.97. The Balaban J connectivity index is 1.39. The van der Waals surface area contributed by atoms with Gasteiger partial charge in [-0.2, -0.15) is 0 Å². The highest BCUT2D eigenvalue weighted by atomic mass is 16.5. The normalized spacial score (nSPS) is 20.1. The number of carbonyl (C=O) groups is 2. The van der Waals surface area contributed by atoms with Gasteiger partial charge in [-0.15, -0.1) is 0 Å². The molecular weight excluding hydrogens is 484 g/mol. The van der Waals surface area contributed by atoms with Crippen molar-refractivity contribution in [3.63, 3.8) is 0 Å². The summed E-state index contributed by atoms with van der Waals surface area (Å²) < 4.78 is 7.04. The fourth-order valence-corrected chi connectivity index (χ4v) is 6.91. The maximum atomic E-state index is 12.7. The quantitative estimate of drug-likeness (QED) is 0.224. The molecule has 0 radical (unpaired) electrons. The second-order valence-electron chi connectivity index (χ2n) is 11.1. The zero-order valence-corrected chi connectivity index (χ0v) is 21.8. The molecule has 8 rings (SSSR count). The lowest BCUT2D eigenvalue weighted by molar-refractivity contribution is 0.0825. The van der Waals surface area contributed by atoms with Gasteiger partial charge in [0, 0.05) is 34.6 Å². The first-order valence-electron chi connectivity index (χ1n) is 13.1. The van der Waals surface area contributed by atoms with Crippen LogP contribution in [-0.2, 0) is 5.41 Å². The summed E-state index contributed by atoms with van der Waals surface area (Å²) in [7, 11) is 2.06. The van der Waals surface area contributed by atoms with E-state index in [0.29, 0.717) is 16.9 Å². The molecule has 1 aliphatic carbocycles. The van der Waals surface area contributed by atoms with Crippen LogP contribution in [0.2, 0.25) is 0 Å². The van der Waals surface area contributed by atoms with E-state index in [1.165, 1.54) is 5.56 Å². The summed E-state index contributed by atoms with van der Waals surface area (Å²) >= 11 is 0. The summed E-state index contributed by atoms with van der Waals surface area (Å²) in [6.07, 6.45) is 1.96. The molecule has 5 heteroatoms. The van der Waals surface area contributed by atoms with E-state index in [1.54, 1.807) is 12.1 Å². The summed E-state index contributed by atoms with van der Waals surface area (Å²) in [6.45, 7) is 4.40. The molecule has 1 unspecified atom stereocenters. The first-order valence-corrected chi connectivity index (χ1v) is 13.1. The van der Waals surface area contributed by atoms with Crippen LogP contribution in [0.25, 0.3) is 32.7 Å². The molecule has 3 aliphatic rings. The standard InChI is InChI=1S/C34H24N2O3/c1-33(2)26-13-6-7-14-27(26)36(3)34(33)18-35-30-22-10-5-4-9-19(22)25(17-28(30)39-34)20-15-16-24-29-21(20)11-8-12-23(29)31(37)32(24)38/h4-18H,1-3H3. The molecule has 0 fully saturated rings. The van der Waals surface area contributed by atoms with Crippen LogP contribution in [0.4, 0.5) is 11.4 Å². The van der Waals surface area contributed by atoms with E-state index in [1.807, 2.05) is 36.5 Å². The molecule has 0 saturated heterocycles. The zero-order valence-electron chi connectivity index (χ0n) is 21.8. The van der Waals surface area contributed by atoms with Crippen molar-refractivity contribution in [1.29, 1.82) is 0 Å². The molecule has 0 bridgehead atoms. The van der Waals surface area contributed by atoms with Crippen molar-refractivity contribution < 1.29 is 14.3 Å². The number of benzene rings is 5. The molecule has 0 N–H and O–H groups in total. The molecule has 188 valence electrons. The number of hydrogen-bond acceptors (Lipinski definition) is 5. The van der Waals surface area contributed by atoms with Gasteiger partial charge in [-0.1, -0.05) is 66.7 Å². The zero-order chi connectivity index (χ0) is 26.7. The van der Waals surface area contributed by atoms with Crippen molar-refractivity contribution >= 4 is 50.7 Å². The van der Waals surface area contributed by atoms with Gasteiger partial charge in [0.25, 0.3) is 0 Å². The Morgan fingerprint density at radius 2 is 1.38 bits per heavy atom. The van der Waals surface area contributed by atoms with Gasteiger partial charge in [-0.05, 0) is 59.5 Å². The molecule has 39 heavy (non-hydrogen) atoms. The number of nitrogens with zero attached hydrogens (tertiary/aromatic N) is 2. The first kappa shape index (κ1) is 22.2. The lowest BCUT2D eigenvalue weighted by Crippen LogP contribution is -2.61. The maximum Gasteiger partial charge on any atom is 0.234 e. The van der Waals surface area contributed by atoms with Gasteiger partial charge in [0.15, 0.2) is 0 Å². The minimum Gasteiger partial charge on any atom is -0.459 e. The van der Waals surface area contributed by atoms with E-state index in [0.717, 1.165) is 44.0 Å². The molecule has 1 spiro atoms. The summed E-state index contributed by atoms with van der Waals surface area (Å²) in [5.41, 5.74) is 4.85. The van der Waals surface area contributed by atoms with E-state index in [2.05, 4.69) is 68.3 Å². The number of hydrogen-bond donors (Lipinski definition) is 0. The number of anilines is 1. The van der Waals surface area contributed by atoms with Gasteiger partial charge in [-0.25, -0.2) is 0 Å². The van der Waals surface area contributed by atoms with Crippen LogP contribution in [0.3, 0.4) is 0 Å². The molecule has 5 aromatic carbocycles. The molecule has 0 aromatic heterocycles. The number of rotatable bonds is 1. The van der Waals surface area contributed by atoms with Gasteiger partial charge in [0.05, 0.1) is 11.6 Å². The van der Waals surface area contributed by atoms with E-state index in [-0.39, 0.29) is 5.41 Å². The number of likely N-dealkylation sites (N-methyl/N-ethyl adjacent to an activating group) is 1. The molecule has 5 aromatic rings. The van der Waals surface area contributed by atoms with E-state index in [9.17, 15) is 9.59 Å². The monoisotopic (exact) mass is 508 g/mol. The predicted octanol–water partition coefficient (Wildman–Crippen LogP) is 7.26. The van der Waals surface area contributed by atoms with Crippen molar-refractivity contribution in [3.05, 3.63) is 102 Å². The van der Waals surface area contributed by atoms with E-state index < -0.39 is 17.3 Å². The highest BCUT2D eigenvalue weighted by Gasteiger charge is 2.58. The molecule has 5 nitrogen and oxygen atoms in total. The average Bonchev–Trinajstić information content (AvgIpc) is 3.30. The van der Waals surface area contributed by atoms with Crippen LogP contribution in [0.1, 0.15) is 40.1 Å². The highest BCUT2D eigenvalue weighted by molar-refractivity contribution is 6.57. The van der Waals surface area contributed by atoms with Crippen molar-refractivity contribution in [2.75, 3.05) is 11.9 Å². The Morgan fingerprint density at radius 3 is 2.18 bits per heavy atom. The smallest absolute Gasteiger partial charge is 0.234 e. The Hall–Kier alpha value is -4.77. The van der Waals surface area contributed by atoms with Crippen molar-refractivity contribution in [3.8, 4) is 16.9 Å². The largest absolute Gasteiger partial charge is 0.459 e.